The first kappa shape index (κ1) is 13.0. The van der Waals surface area contributed by atoms with Crippen LogP contribution in [0.2, 0.25) is 0 Å². The first-order valence-corrected chi connectivity index (χ1v) is 7.65. The quantitative estimate of drug-likeness (QED) is 0.454. The van der Waals surface area contributed by atoms with E-state index in [0.717, 1.165) is 18.5 Å². The van der Waals surface area contributed by atoms with Crippen molar-refractivity contribution in [2.24, 2.45) is 0 Å². The van der Waals surface area contributed by atoms with Gasteiger partial charge in [-0.05, 0) is 46.4 Å². The minimum absolute atomic E-state index is 0.882. The molecule has 0 spiro atoms. The molecule has 106 valence electrons. The maximum absolute atomic E-state index is 4.53. The molecule has 0 unspecified atom stereocenters. The van der Waals surface area contributed by atoms with Crippen molar-refractivity contribution in [3.63, 3.8) is 0 Å². The number of nitrogens with zero attached hydrogens (tertiary/aromatic N) is 1. The lowest BCUT2D eigenvalue weighted by Crippen LogP contribution is -1.95. The monoisotopic (exact) mass is 283 g/mol. The van der Waals surface area contributed by atoms with Crippen LogP contribution in [0.25, 0.3) is 12.2 Å². The molecule has 0 amide bonds. The van der Waals surface area contributed by atoms with Crippen LogP contribution in [-0.4, -0.2) is 4.98 Å². The smallest absolute Gasteiger partial charge is 0.0450 e. The second-order valence-corrected chi connectivity index (χ2v) is 5.83. The summed E-state index contributed by atoms with van der Waals surface area (Å²) in [6.07, 6.45) is 8.13. The highest BCUT2D eigenvalue weighted by atomic mass is 14.7. The molecule has 1 aliphatic rings. The van der Waals surface area contributed by atoms with E-state index in [0.29, 0.717) is 0 Å². The summed E-state index contributed by atoms with van der Waals surface area (Å²) < 4.78 is 0. The summed E-state index contributed by atoms with van der Waals surface area (Å²) in [6.45, 7) is 0. The van der Waals surface area contributed by atoms with Crippen LogP contribution < -0.4 is 0 Å². The van der Waals surface area contributed by atoms with Gasteiger partial charge in [0, 0.05) is 18.3 Å². The molecule has 0 radical (unpaired) electrons. The van der Waals surface area contributed by atoms with Crippen LogP contribution in [0.15, 0.2) is 66.9 Å². The molecule has 0 aliphatic heterocycles. The topological polar surface area (TPSA) is 12.9 Å². The van der Waals surface area contributed by atoms with Crippen molar-refractivity contribution in [2.45, 2.75) is 12.8 Å². The molecule has 0 saturated carbocycles. The van der Waals surface area contributed by atoms with Gasteiger partial charge in [0.15, 0.2) is 0 Å². The summed E-state index contributed by atoms with van der Waals surface area (Å²) in [6, 6.07) is 21.8. The first-order valence-electron chi connectivity index (χ1n) is 7.65. The Balaban J connectivity index is 1.87. The highest BCUT2D eigenvalue weighted by Gasteiger charge is 2.03. The molecular formula is C21H17N. The zero-order valence-corrected chi connectivity index (χ0v) is 12.4. The highest BCUT2D eigenvalue weighted by molar-refractivity contribution is 5.70. The lowest BCUT2D eigenvalue weighted by molar-refractivity contribution is 1.04. The van der Waals surface area contributed by atoms with E-state index < -0.39 is 0 Å². The van der Waals surface area contributed by atoms with E-state index in [9.17, 15) is 0 Å². The van der Waals surface area contributed by atoms with Crippen molar-refractivity contribution >= 4 is 12.2 Å². The lowest BCUT2D eigenvalue weighted by Gasteiger charge is -2.06. The van der Waals surface area contributed by atoms with Gasteiger partial charge in [0.2, 0.25) is 0 Å². The van der Waals surface area contributed by atoms with Gasteiger partial charge in [-0.2, -0.15) is 0 Å². The van der Waals surface area contributed by atoms with E-state index in [1.807, 2.05) is 6.20 Å². The highest BCUT2D eigenvalue weighted by Crippen LogP contribution is 2.18. The van der Waals surface area contributed by atoms with Gasteiger partial charge in [-0.25, -0.2) is 0 Å². The van der Waals surface area contributed by atoms with E-state index in [1.54, 1.807) is 0 Å². The van der Waals surface area contributed by atoms with Gasteiger partial charge >= 0.3 is 0 Å². The number of fused-ring (bicyclic) bond motifs is 6. The fourth-order valence-electron chi connectivity index (χ4n) is 2.99. The van der Waals surface area contributed by atoms with Gasteiger partial charge in [-0.1, -0.05) is 60.7 Å². The van der Waals surface area contributed by atoms with Crippen molar-refractivity contribution in [2.75, 3.05) is 0 Å². The number of aromatic nitrogens is 1. The number of hydrogen-bond donors (Lipinski definition) is 0. The average molecular weight is 283 g/mol. The van der Waals surface area contributed by atoms with Crippen LogP contribution >= 0.6 is 0 Å². The maximum atomic E-state index is 4.53. The van der Waals surface area contributed by atoms with Crippen molar-refractivity contribution in [1.29, 1.82) is 0 Å². The molecule has 1 aliphatic carbocycles. The Labute approximate surface area is 131 Å². The SMILES string of the molecule is C1=C\c2cccc(c2)Cc2cc(ccn2)Cc2cccc/1c2. The zero-order valence-electron chi connectivity index (χ0n) is 12.4. The van der Waals surface area contributed by atoms with E-state index in [2.05, 4.69) is 77.8 Å². The molecule has 3 aromatic rings. The minimum Gasteiger partial charge on any atom is -0.261 e. The third-order valence-corrected chi connectivity index (χ3v) is 4.04. The van der Waals surface area contributed by atoms with Crippen LogP contribution in [0.4, 0.5) is 0 Å². The second kappa shape index (κ2) is 5.61. The third kappa shape index (κ3) is 2.84. The zero-order chi connectivity index (χ0) is 14.8. The molecule has 2 aromatic carbocycles. The minimum atomic E-state index is 0.882. The van der Waals surface area contributed by atoms with Gasteiger partial charge in [-0.3, -0.25) is 4.98 Å². The predicted molar refractivity (Wildman–Crippen MR) is 91.7 cm³/mol. The fraction of sp³-hybridized carbons (Fsp3) is 0.0952. The van der Waals surface area contributed by atoms with E-state index in [1.165, 1.54) is 27.8 Å². The average Bonchev–Trinajstić information content (AvgIpc) is 2.54. The van der Waals surface area contributed by atoms with Gasteiger partial charge in [0.25, 0.3) is 0 Å². The van der Waals surface area contributed by atoms with E-state index in [-0.39, 0.29) is 0 Å². The lowest BCUT2D eigenvalue weighted by atomic mass is 10.0. The largest absolute Gasteiger partial charge is 0.261 e. The van der Waals surface area contributed by atoms with Crippen LogP contribution in [0.5, 0.6) is 0 Å². The molecule has 0 N–H and O–H groups in total. The summed E-state index contributed by atoms with van der Waals surface area (Å²) in [7, 11) is 0. The molecule has 1 heteroatoms. The maximum Gasteiger partial charge on any atom is 0.0450 e. The fourth-order valence-corrected chi connectivity index (χ4v) is 2.99. The normalized spacial score (nSPS) is 14.4. The van der Waals surface area contributed by atoms with Crippen molar-refractivity contribution < 1.29 is 0 Å². The van der Waals surface area contributed by atoms with Gasteiger partial charge < -0.3 is 0 Å². The Hall–Kier alpha value is -2.67. The van der Waals surface area contributed by atoms with Crippen molar-refractivity contribution in [3.8, 4) is 0 Å². The molecule has 0 fully saturated rings. The van der Waals surface area contributed by atoms with Gasteiger partial charge in [0.1, 0.15) is 0 Å². The van der Waals surface area contributed by atoms with E-state index in [4.69, 9.17) is 0 Å². The number of benzene rings is 2. The molecule has 1 aromatic heterocycles. The Morgan fingerprint density at radius 1 is 0.636 bits per heavy atom. The second-order valence-electron chi connectivity index (χ2n) is 5.83. The molecule has 0 saturated heterocycles. The van der Waals surface area contributed by atoms with Crippen LogP contribution in [0, 0.1) is 0 Å². The van der Waals surface area contributed by atoms with E-state index >= 15 is 0 Å². The molecule has 4 rings (SSSR count). The summed E-state index contributed by atoms with van der Waals surface area (Å²) in [5, 5.41) is 0. The standard InChI is InChI=1S/C21H17N/c1-3-16-7-8-17-4-2-6-19(12-17)14-21-15-20(9-10-22-21)13-18(5-1)11-16/h1-12,15H,13-14H2/b8-7-. The summed E-state index contributed by atoms with van der Waals surface area (Å²) in [5.41, 5.74) is 7.58. The van der Waals surface area contributed by atoms with Crippen LogP contribution in [0.1, 0.15) is 33.5 Å². The molecule has 6 bridgehead atoms. The Morgan fingerprint density at radius 3 is 2.00 bits per heavy atom. The third-order valence-electron chi connectivity index (χ3n) is 4.04. The number of hydrogen-bond acceptors (Lipinski definition) is 1. The van der Waals surface area contributed by atoms with Crippen molar-refractivity contribution in [3.05, 3.63) is 100 Å². The Morgan fingerprint density at radius 2 is 1.27 bits per heavy atom. The van der Waals surface area contributed by atoms with Crippen LogP contribution in [0.3, 0.4) is 0 Å². The molecular weight excluding hydrogens is 266 g/mol. The number of rotatable bonds is 0. The van der Waals surface area contributed by atoms with Crippen LogP contribution in [-0.2, 0) is 12.8 Å². The molecule has 1 nitrogen and oxygen atoms in total. The van der Waals surface area contributed by atoms with Crippen molar-refractivity contribution in [1.82, 2.24) is 4.98 Å². The van der Waals surface area contributed by atoms with Gasteiger partial charge in [0.05, 0.1) is 0 Å². The predicted octanol–water partition coefficient (Wildman–Crippen LogP) is 4.75. The Kier molecular flexibility index (Phi) is 3.32. The summed E-state index contributed by atoms with van der Waals surface area (Å²) in [4.78, 5) is 4.53. The Bertz CT molecular complexity index is 779. The molecule has 1 heterocycles. The summed E-state index contributed by atoms with van der Waals surface area (Å²) in [5.74, 6) is 0. The molecule has 22 heavy (non-hydrogen) atoms. The van der Waals surface area contributed by atoms with Gasteiger partial charge in [-0.15, -0.1) is 0 Å². The summed E-state index contributed by atoms with van der Waals surface area (Å²) >= 11 is 0. The molecule has 0 atom stereocenters. The number of pyridine rings is 1. The first-order chi connectivity index (χ1) is 10.8.